The molecule has 3 N–H and O–H groups in total. The normalized spacial score (nSPS) is 19.6. The second-order valence-electron chi connectivity index (χ2n) is 6.42. The lowest BCUT2D eigenvalue weighted by Gasteiger charge is -2.44. The molecule has 5 nitrogen and oxygen atoms in total. The molecule has 1 atom stereocenters. The van der Waals surface area contributed by atoms with Gasteiger partial charge in [0, 0.05) is 19.5 Å². The van der Waals surface area contributed by atoms with Gasteiger partial charge in [-0.05, 0) is 18.8 Å². The van der Waals surface area contributed by atoms with Crippen molar-refractivity contribution < 1.29 is 14.7 Å². The van der Waals surface area contributed by atoms with E-state index in [4.69, 9.17) is 10.8 Å². The average molecular weight is 284 g/mol. The van der Waals surface area contributed by atoms with Gasteiger partial charge in [0.25, 0.3) is 0 Å². The van der Waals surface area contributed by atoms with Crippen LogP contribution in [0.2, 0.25) is 0 Å². The van der Waals surface area contributed by atoms with Crippen molar-refractivity contribution in [3.8, 4) is 0 Å². The first-order chi connectivity index (χ1) is 9.28. The highest BCUT2D eigenvalue weighted by molar-refractivity contribution is 5.79. The Kier molecular flexibility index (Phi) is 5.99. The topological polar surface area (TPSA) is 83.6 Å². The van der Waals surface area contributed by atoms with Crippen molar-refractivity contribution in [2.75, 3.05) is 7.05 Å². The van der Waals surface area contributed by atoms with Gasteiger partial charge in [-0.15, -0.1) is 0 Å². The van der Waals surface area contributed by atoms with Crippen LogP contribution in [0.4, 0.5) is 0 Å². The van der Waals surface area contributed by atoms with Gasteiger partial charge in [0.2, 0.25) is 5.91 Å². The summed E-state index contributed by atoms with van der Waals surface area (Å²) in [6.07, 6.45) is 4.97. The predicted molar refractivity (Wildman–Crippen MR) is 78.3 cm³/mol. The van der Waals surface area contributed by atoms with Crippen molar-refractivity contribution in [2.24, 2.45) is 11.7 Å². The van der Waals surface area contributed by atoms with Crippen molar-refractivity contribution in [2.45, 2.75) is 70.4 Å². The maximum Gasteiger partial charge on any atom is 0.305 e. The minimum atomic E-state index is -0.834. The van der Waals surface area contributed by atoms with Crippen LogP contribution in [0.3, 0.4) is 0 Å². The third kappa shape index (κ3) is 4.20. The molecular formula is C15H28N2O3. The van der Waals surface area contributed by atoms with E-state index in [0.717, 1.165) is 32.1 Å². The number of carboxylic acids is 1. The number of hydrogen-bond acceptors (Lipinski definition) is 3. The summed E-state index contributed by atoms with van der Waals surface area (Å²) >= 11 is 0. The van der Waals surface area contributed by atoms with Gasteiger partial charge in [0.15, 0.2) is 0 Å². The zero-order valence-corrected chi connectivity index (χ0v) is 12.9. The van der Waals surface area contributed by atoms with Crippen molar-refractivity contribution in [3.05, 3.63) is 0 Å². The number of carboxylic acid groups (broad SMARTS) is 1. The van der Waals surface area contributed by atoms with Crippen LogP contribution in [0.25, 0.3) is 0 Å². The van der Waals surface area contributed by atoms with Crippen LogP contribution in [0.1, 0.15) is 58.8 Å². The molecule has 1 fully saturated rings. The summed E-state index contributed by atoms with van der Waals surface area (Å²) in [5.74, 6) is -0.622. The summed E-state index contributed by atoms with van der Waals surface area (Å²) in [7, 11) is 1.74. The van der Waals surface area contributed by atoms with Crippen LogP contribution in [0.15, 0.2) is 0 Å². The van der Waals surface area contributed by atoms with Crippen molar-refractivity contribution in [1.29, 1.82) is 0 Å². The highest BCUT2D eigenvalue weighted by Gasteiger charge is 2.40. The quantitative estimate of drug-likeness (QED) is 0.781. The van der Waals surface area contributed by atoms with Gasteiger partial charge >= 0.3 is 5.97 Å². The first-order valence-electron chi connectivity index (χ1n) is 7.52. The smallest absolute Gasteiger partial charge is 0.305 e. The molecule has 20 heavy (non-hydrogen) atoms. The molecule has 0 spiro atoms. The van der Waals surface area contributed by atoms with E-state index in [2.05, 4.69) is 0 Å². The Morgan fingerprint density at radius 2 is 1.80 bits per heavy atom. The standard InChI is InChI=1S/C15H28N2O3/c1-11(2)12(16)9-13(18)17(3)15(10-14(19)20)7-5-4-6-8-15/h11-12H,4-10,16H2,1-3H3,(H,19,20). The fourth-order valence-electron chi connectivity index (χ4n) is 2.96. The van der Waals surface area contributed by atoms with Crippen LogP contribution in [-0.4, -0.2) is 40.5 Å². The fourth-order valence-corrected chi connectivity index (χ4v) is 2.96. The van der Waals surface area contributed by atoms with Gasteiger partial charge in [-0.1, -0.05) is 33.1 Å². The first-order valence-corrected chi connectivity index (χ1v) is 7.52. The van der Waals surface area contributed by atoms with Crippen molar-refractivity contribution >= 4 is 11.9 Å². The summed E-state index contributed by atoms with van der Waals surface area (Å²) in [4.78, 5) is 25.2. The lowest BCUT2D eigenvalue weighted by atomic mass is 9.77. The number of hydrogen-bond donors (Lipinski definition) is 2. The second kappa shape index (κ2) is 7.07. The lowest BCUT2D eigenvalue weighted by Crippen LogP contribution is -2.53. The summed E-state index contributed by atoms with van der Waals surface area (Å²) < 4.78 is 0. The van der Waals surface area contributed by atoms with E-state index in [1.807, 2.05) is 13.8 Å². The Bertz CT molecular complexity index is 349. The number of rotatable bonds is 6. The summed E-state index contributed by atoms with van der Waals surface area (Å²) in [5.41, 5.74) is 5.45. The van der Waals surface area contributed by atoms with Crippen LogP contribution >= 0.6 is 0 Å². The molecule has 1 aliphatic carbocycles. The molecule has 0 saturated heterocycles. The number of nitrogens with two attached hydrogens (primary N) is 1. The van der Waals surface area contributed by atoms with Gasteiger partial charge in [0.1, 0.15) is 0 Å². The molecule has 5 heteroatoms. The summed E-state index contributed by atoms with van der Waals surface area (Å²) in [6, 6.07) is -0.171. The molecule has 1 saturated carbocycles. The van der Waals surface area contributed by atoms with Crippen LogP contribution in [0, 0.1) is 5.92 Å². The summed E-state index contributed by atoms with van der Waals surface area (Å²) in [6.45, 7) is 3.98. The van der Waals surface area contributed by atoms with E-state index in [-0.39, 0.29) is 30.7 Å². The highest BCUT2D eigenvalue weighted by atomic mass is 16.4. The number of carbonyl (C=O) groups excluding carboxylic acids is 1. The fraction of sp³-hybridized carbons (Fsp3) is 0.867. The summed E-state index contributed by atoms with van der Waals surface area (Å²) in [5, 5.41) is 9.17. The van der Waals surface area contributed by atoms with Gasteiger partial charge in [-0.25, -0.2) is 0 Å². The highest BCUT2D eigenvalue weighted by Crippen LogP contribution is 2.36. The van der Waals surface area contributed by atoms with E-state index in [0.29, 0.717) is 0 Å². The van der Waals surface area contributed by atoms with E-state index in [1.165, 1.54) is 0 Å². The molecule has 1 unspecified atom stereocenters. The zero-order valence-electron chi connectivity index (χ0n) is 12.9. The van der Waals surface area contributed by atoms with Crippen molar-refractivity contribution in [1.82, 2.24) is 4.90 Å². The largest absolute Gasteiger partial charge is 0.481 e. The minimum absolute atomic E-state index is 0.0330. The van der Waals surface area contributed by atoms with Gasteiger partial charge < -0.3 is 15.7 Å². The molecule has 0 heterocycles. The molecular weight excluding hydrogens is 256 g/mol. The van der Waals surface area contributed by atoms with E-state index >= 15 is 0 Å². The Hall–Kier alpha value is -1.10. The zero-order chi connectivity index (χ0) is 15.3. The molecule has 0 bridgehead atoms. The van der Waals surface area contributed by atoms with Crippen molar-refractivity contribution in [3.63, 3.8) is 0 Å². The van der Waals surface area contributed by atoms with Crippen LogP contribution in [0.5, 0.6) is 0 Å². The maximum absolute atomic E-state index is 12.4. The average Bonchev–Trinajstić information content (AvgIpc) is 2.37. The van der Waals surface area contributed by atoms with E-state index in [1.54, 1.807) is 11.9 Å². The first kappa shape index (κ1) is 17.0. The molecule has 1 rings (SSSR count). The molecule has 1 amide bonds. The molecule has 0 aromatic rings. The SMILES string of the molecule is CC(C)C(N)CC(=O)N(C)C1(CC(=O)O)CCCCC1. The Morgan fingerprint density at radius 3 is 2.25 bits per heavy atom. The molecule has 1 aliphatic rings. The molecule has 0 aliphatic heterocycles. The molecule has 0 aromatic carbocycles. The van der Waals surface area contributed by atoms with E-state index in [9.17, 15) is 9.59 Å². The number of amides is 1. The molecule has 0 radical (unpaired) electrons. The van der Waals surface area contributed by atoms with Gasteiger partial charge in [-0.3, -0.25) is 9.59 Å². The second-order valence-corrected chi connectivity index (χ2v) is 6.42. The lowest BCUT2D eigenvalue weighted by molar-refractivity contribution is -0.146. The number of carbonyl (C=O) groups is 2. The Morgan fingerprint density at radius 1 is 1.25 bits per heavy atom. The van der Waals surface area contributed by atoms with Crippen LogP contribution < -0.4 is 5.73 Å². The minimum Gasteiger partial charge on any atom is -0.481 e. The van der Waals surface area contributed by atoms with E-state index < -0.39 is 11.5 Å². The number of aliphatic carboxylic acids is 1. The van der Waals surface area contributed by atoms with Gasteiger partial charge in [0.05, 0.1) is 12.0 Å². The maximum atomic E-state index is 12.4. The van der Waals surface area contributed by atoms with Gasteiger partial charge in [-0.2, -0.15) is 0 Å². The third-order valence-electron chi connectivity index (χ3n) is 4.62. The molecule has 0 aromatic heterocycles. The monoisotopic (exact) mass is 284 g/mol. The Labute approximate surface area is 121 Å². The predicted octanol–water partition coefficient (Wildman–Crippen LogP) is 2.00. The third-order valence-corrected chi connectivity index (χ3v) is 4.62. The van der Waals surface area contributed by atoms with Crippen LogP contribution in [-0.2, 0) is 9.59 Å². The number of nitrogens with zero attached hydrogens (tertiary/aromatic N) is 1. The Balaban J connectivity index is 2.79. The molecule has 116 valence electrons.